The van der Waals surface area contributed by atoms with Crippen molar-refractivity contribution in [3.8, 4) is 0 Å². The maximum atomic E-state index is 13.4. The van der Waals surface area contributed by atoms with Gasteiger partial charge in [0.2, 0.25) is 5.91 Å². The second kappa shape index (κ2) is 11.1. The molecule has 0 spiro atoms. The number of nitrogens with zero attached hydrogens (tertiary/aromatic N) is 1. The molecule has 0 aromatic heterocycles. The van der Waals surface area contributed by atoms with Gasteiger partial charge < -0.3 is 5.32 Å². The van der Waals surface area contributed by atoms with Crippen molar-refractivity contribution in [3.05, 3.63) is 107 Å². The lowest BCUT2D eigenvalue weighted by molar-refractivity contribution is -0.119. The molecule has 4 rings (SSSR count). The molecule has 1 unspecified atom stereocenters. The number of benzene rings is 4. The average molecular weight is 552 g/mol. The fourth-order valence-corrected chi connectivity index (χ4v) is 5.74. The van der Waals surface area contributed by atoms with Crippen LogP contribution in [0.5, 0.6) is 0 Å². The second-order valence-electron chi connectivity index (χ2n) is 8.55. The molecule has 4 aromatic carbocycles. The molecule has 0 aliphatic rings. The van der Waals surface area contributed by atoms with Crippen LogP contribution in [0.2, 0.25) is 0 Å². The zero-order valence-corrected chi connectivity index (χ0v) is 21.8. The summed E-state index contributed by atoms with van der Waals surface area (Å²) < 4.78 is 28.8. The van der Waals surface area contributed by atoms with Gasteiger partial charge in [-0.3, -0.25) is 9.10 Å². The van der Waals surface area contributed by atoms with Gasteiger partial charge in [0.05, 0.1) is 10.6 Å². The topological polar surface area (TPSA) is 66.5 Å². The van der Waals surface area contributed by atoms with Crippen molar-refractivity contribution in [2.75, 3.05) is 17.4 Å². The Bertz CT molecular complexity index is 1400. The minimum atomic E-state index is -3.92. The molecular formula is C28H27BrN2O3S. The first kappa shape index (κ1) is 24.9. The van der Waals surface area contributed by atoms with Crippen molar-refractivity contribution >= 4 is 48.3 Å². The summed E-state index contributed by atoms with van der Waals surface area (Å²) >= 11 is 3.38. The summed E-state index contributed by atoms with van der Waals surface area (Å²) in [6, 6.07) is 29.5. The predicted molar refractivity (Wildman–Crippen MR) is 145 cm³/mol. The normalized spacial score (nSPS) is 12.3. The number of hydrogen-bond acceptors (Lipinski definition) is 3. The van der Waals surface area contributed by atoms with E-state index in [1.54, 1.807) is 42.5 Å². The van der Waals surface area contributed by atoms with Crippen LogP contribution in [-0.2, 0) is 21.2 Å². The van der Waals surface area contributed by atoms with Gasteiger partial charge in [-0.15, -0.1) is 0 Å². The molecule has 180 valence electrons. The number of sulfonamides is 1. The van der Waals surface area contributed by atoms with Crippen molar-refractivity contribution in [3.63, 3.8) is 0 Å². The number of amides is 1. The minimum absolute atomic E-state index is 0.139. The van der Waals surface area contributed by atoms with E-state index in [0.29, 0.717) is 12.2 Å². The zero-order valence-electron chi connectivity index (χ0n) is 19.4. The molecule has 4 aromatic rings. The van der Waals surface area contributed by atoms with Gasteiger partial charge in [-0.2, -0.15) is 0 Å². The van der Waals surface area contributed by atoms with E-state index in [-0.39, 0.29) is 23.3 Å². The van der Waals surface area contributed by atoms with Crippen LogP contribution < -0.4 is 9.62 Å². The lowest BCUT2D eigenvalue weighted by atomic mass is 9.96. The lowest BCUT2D eigenvalue weighted by Crippen LogP contribution is -2.42. The maximum Gasteiger partial charge on any atom is 0.264 e. The van der Waals surface area contributed by atoms with Gasteiger partial charge >= 0.3 is 0 Å². The van der Waals surface area contributed by atoms with Crippen molar-refractivity contribution < 1.29 is 13.2 Å². The third-order valence-corrected chi connectivity index (χ3v) is 8.15. The van der Waals surface area contributed by atoms with Gasteiger partial charge in [0, 0.05) is 11.0 Å². The summed E-state index contributed by atoms with van der Waals surface area (Å²) in [5.41, 5.74) is 1.66. The summed E-state index contributed by atoms with van der Waals surface area (Å²) in [6.07, 6.45) is 0.806. The Hall–Kier alpha value is -3.16. The molecule has 0 saturated heterocycles. The first-order valence-electron chi connectivity index (χ1n) is 11.4. The van der Waals surface area contributed by atoms with Crippen LogP contribution in [0.25, 0.3) is 10.8 Å². The monoisotopic (exact) mass is 550 g/mol. The minimum Gasteiger partial charge on any atom is -0.354 e. The third-order valence-electron chi connectivity index (χ3n) is 5.83. The van der Waals surface area contributed by atoms with E-state index < -0.39 is 10.0 Å². The van der Waals surface area contributed by atoms with E-state index in [9.17, 15) is 13.2 Å². The standard InChI is InChI=1S/C28H27BrN2O3S/c1-21(18-23-10-7-9-22-8-5-6-13-27(22)23)19-30-28(32)20-31(25-16-14-24(29)15-17-25)35(33,34)26-11-3-2-4-12-26/h2-17,21H,18-20H2,1H3,(H,30,32). The van der Waals surface area contributed by atoms with Gasteiger partial charge in [-0.25, -0.2) is 8.42 Å². The van der Waals surface area contributed by atoms with E-state index in [4.69, 9.17) is 0 Å². The SMILES string of the molecule is CC(CNC(=O)CN(c1ccc(Br)cc1)S(=O)(=O)c1ccccc1)Cc1cccc2ccccc12. The van der Waals surface area contributed by atoms with Gasteiger partial charge in [0.25, 0.3) is 10.0 Å². The third kappa shape index (κ3) is 6.10. The smallest absolute Gasteiger partial charge is 0.264 e. The molecule has 0 aliphatic carbocycles. The summed E-state index contributed by atoms with van der Waals surface area (Å²) in [6.45, 7) is 2.22. The number of fused-ring (bicyclic) bond motifs is 1. The Labute approximate surface area is 215 Å². The van der Waals surface area contributed by atoms with Crippen molar-refractivity contribution in [2.24, 2.45) is 5.92 Å². The number of hydrogen-bond donors (Lipinski definition) is 1. The van der Waals surface area contributed by atoms with Crippen LogP contribution in [0.4, 0.5) is 5.69 Å². The van der Waals surface area contributed by atoms with Crippen molar-refractivity contribution in [2.45, 2.75) is 18.2 Å². The summed E-state index contributed by atoms with van der Waals surface area (Å²) in [5.74, 6) is -0.172. The molecule has 35 heavy (non-hydrogen) atoms. The second-order valence-corrected chi connectivity index (χ2v) is 11.3. The van der Waals surface area contributed by atoms with E-state index in [2.05, 4.69) is 52.4 Å². The average Bonchev–Trinajstić information content (AvgIpc) is 2.87. The molecule has 0 fully saturated rings. The molecule has 0 radical (unpaired) electrons. The Balaban J connectivity index is 1.46. The maximum absolute atomic E-state index is 13.4. The molecule has 0 bridgehead atoms. The van der Waals surface area contributed by atoms with Crippen LogP contribution in [0, 0.1) is 5.92 Å². The van der Waals surface area contributed by atoms with Crippen LogP contribution >= 0.6 is 15.9 Å². The fraction of sp³-hybridized carbons (Fsp3) is 0.179. The van der Waals surface area contributed by atoms with Crippen molar-refractivity contribution in [1.82, 2.24) is 5.32 Å². The van der Waals surface area contributed by atoms with E-state index >= 15 is 0 Å². The number of anilines is 1. The summed E-state index contributed by atoms with van der Waals surface area (Å²) in [4.78, 5) is 13.1. The highest BCUT2D eigenvalue weighted by atomic mass is 79.9. The van der Waals surface area contributed by atoms with Gasteiger partial charge in [-0.05, 0) is 65.1 Å². The van der Waals surface area contributed by atoms with Crippen LogP contribution in [0.15, 0.2) is 106 Å². The van der Waals surface area contributed by atoms with Crippen LogP contribution in [0.1, 0.15) is 12.5 Å². The molecule has 1 N–H and O–H groups in total. The highest BCUT2D eigenvalue weighted by Crippen LogP contribution is 2.25. The molecule has 7 heteroatoms. The number of rotatable bonds is 9. The summed E-state index contributed by atoms with van der Waals surface area (Å²) in [5, 5.41) is 5.34. The van der Waals surface area contributed by atoms with Crippen LogP contribution in [-0.4, -0.2) is 27.4 Å². The van der Waals surface area contributed by atoms with E-state index in [0.717, 1.165) is 15.2 Å². The quantitative estimate of drug-likeness (QED) is 0.286. The highest BCUT2D eigenvalue weighted by Gasteiger charge is 2.27. The zero-order chi connectivity index (χ0) is 24.8. The first-order valence-corrected chi connectivity index (χ1v) is 13.6. The Morgan fingerprint density at radius 2 is 1.54 bits per heavy atom. The van der Waals surface area contributed by atoms with Gasteiger partial charge in [-0.1, -0.05) is 83.5 Å². The predicted octanol–water partition coefficient (Wildman–Crippen LogP) is 5.79. The number of halogens is 1. The highest BCUT2D eigenvalue weighted by molar-refractivity contribution is 9.10. The van der Waals surface area contributed by atoms with Gasteiger partial charge in [0.1, 0.15) is 6.54 Å². The first-order chi connectivity index (χ1) is 16.8. The molecule has 1 atom stereocenters. The number of carbonyl (C=O) groups is 1. The van der Waals surface area contributed by atoms with Crippen LogP contribution in [0.3, 0.4) is 0 Å². The fourth-order valence-electron chi connectivity index (χ4n) is 4.03. The number of nitrogens with one attached hydrogen (secondary N) is 1. The number of carbonyl (C=O) groups excluding carboxylic acids is 1. The molecule has 0 aliphatic heterocycles. The Morgan fingerprint density at radius 1 is 0.886 bits per heavy atom. The Morgan fingerprint density at radius 3 is 2.29 bits per heavy atom. The van der Waals surface area contributed by atoms with Gasteiger partial charge in [0.15, 0.2) is 0 Å². The van der Waals surface area contributed by atoms with Crippen molar-refractivity contribution in [1.29, 1.82) is 0 Å². The Kier molecular flexibility index (Phi) is 7.88. The molecule has 0 saturated carbocycles. The molecule has 5 nitrogen and oxygen atoms in total. The van der Waals surface area contributed by atoms with E-state index in [1.165, 1.54) is 28.5 Å². The summed E-state index contributed by atoms with van der Waals surface area (Å²) in [7, 11) is -3.92. The molecular weight excluding hydrogens is 524 g/mol. The molecule has 0 heterocycles. The lowest BCUT2D eigenvalue weighted by Gasteiger charge is -2.24. The van der Waals surface area contributed by atoms with E-state index in [1.807, 2.05) is 18.2 Å². The largest absolute Gasteiger partial charge is 0.354 e. The molecule has 1 amide bonds.